The van der Waals surface area contributed by atoms with Gasteiger partial charge in [0, 0.05) is 24.1 Å². The number of hydrogen-bond donors (Lipinski definition) is 1. The van der Waals surface area contributed by atoms with Gasteiger partial charge in [0.05, 0.1) is 14.2 Å². The maximum atomic E-state index is 12.5. The molecule has 0 unspecified atom stereocenters. The van der Waals surface area contributed by atoms with Crippen LogP contribution >= 0.6 is 0 Å². The number of fused-ring (bicyclic) bond motifs is 1. The first-order valence-corrected chi connectivity index (χ1v) is 11.8. The Labute approximate surface area is 200 Å². The molecule has 4 rings (SSSR count). The lowest BCUT2D eigenvalue weighted by Crippen LogP contribution is -2.35. The number of nitrogens with one attached hydrogen (secondary N) is 1. The van der Waals surface area contributed by atoms with E-state index < -0.39 is 5.60 Å². The largest absolute Gasteiger partial charge is 0.493 e. The van der Waals surface area contributed by atoms with Gasteiger partial charge >= 0.3 is 5.97 Å². The van der Waals surface area contributed by atoms with Crippen molar-refractivity contribution in [1.82, 2.24) is 5.32 Å². The highest BCUT2D eigenvalue weighted by atomic mass is 16.6. The normalized spacial score (nSPS) is 15.6. The molecule has 0 aromatic heterocycles. The number of carbonyl (C=O) groups excluding carboxylic acids is 2. The zero-order valence-electron chi connectivity index (χ0n) is 20.4. The first-order chi connectivity index (χ1) is 16.3. The Hall–Kier alpha value is -3.22. The second-order valence-corrected chi connectivity index (χ2v) is 9.57. The summed E-state index contributed by atoms with van der Waals surface area (Å²) in [6, 6.07) is 9.34. The molecule has 1 amide bonds. The molecule has 0 radical (unpaired) electrons. The van der Waals surface area contributed by atoms with Gasteiger partial charge in [-0.2, -0.15) is 0 Å². The maximum Gasteiger partial charge on any atom is 0.306 e. The standard InChI is InChI=1S/C27H33NO6/c1-27(2,34-23(29)14-17-8-5-6-9-17)16-33-24-19(12-13-22(31-3)25(24)32-4)18-10-7-11-20-21(18)15-28-26(20)30/h7,10-13,17H,5-6,8-9,14-16H2,1-4H3,(H,28,30). The van der Waals surface area contributed by atoms with Crippen LogP contribution in [0.15, 0.2) is 30.3 Å². The van der Waals surface area contributed by atoms with Gasteiger partial charge in [0.2, 0.25) is 5.75 Å². The molecule has 0 saturated heterocycles. The van der Waals surface area contributed by atoms with E-state index in [0.29, 0.717) is 41.7 Å². The Morgan fingerprint density at radius 2 is 1.74 bits per heavy atom. The number of methoxy groups -OCH3 is 2. The molecule has 182 valence electrons. The Balaban J connectivity index is 1.60. The fraction of sp³-hybridized carbons (Fsp3) is 0.481. The highest BCUT2D eigenvalue weighted by Crippen LogP contribution is 2.46. The smallest absolute Gasteiger partial charge is 0.306 e. The summed E-state index contributed by atoms with van der Waals surface area (Å²) in [4.78, 5) is 24.7. The third-order valence-corrected chi connectivity index (χ3v) is 6.52. The molecule has 2 aromatic rings. The van der Waals surface area contributed by atoms with Crippen molar-refractivity contribution in [1.29, 1.82) is 0 Å². The quantitative estimate of drug-likeness (QED) is 0.529. The van der Waals surface area contributed by atoms with E-state index in [4.69, 9.17) is 18.9 Å². The lowest BCUT2D eigenvalue weighted by Gasteiger charge is -2.27. The van der Waals surface area contributed by atoms with Crippen LogP contribution in [-0.2, 0) is 16.1 Å². The average Bonchev–Trinajstić information content (AvgIpc) is 3.46. The van der Waals surface area contributed by atoms with E-state index in [1.165, 1.54) is 12.8 Å². The number of hydrogen-bond acceptors (Lipinski definition) is 6. The van der Waals surface area contributed by atoms with E-state index >= 15 is 0 Å². The molecule has 2 aliphatic rings. The van der Waals surface area contributed by atoms with Crippen LogP contribution in [0.4, 0.5) is 0 Å². The van der Waals surface area contributed by atoms with Crippen molar-refractivity contribution in [2.24, 2.45) is 5.92 Å². The lowest BCUT2D eigenvalue weighted by atomic mass is 9.95. The molecule has 7 heteroatoms. The van der Waals surface area contributed by atoms with Gasteiger partial charge < -0.3 is 24.3 Å². The van der Waals surface area contributed by atoms with E-state index in [1.807, 2.05) is 44.2 Å². The number of rotatable bonds is 9. The van der Waals surface area contributed by atoms with Gasteiger partial charge in [0.25, 0.3) is 5.91 Å². The minimum Gasteiger partial charge on any atom is -0.493 e. The Morgan fingerprint density at radius 3 is 2.44 bits per heavy atom. The summed E-state index contributed by atoms with van der Waals surface area (Å²) in [6.45, 7) is 4.26. The lowest BCUT2D eigenvalue weighted by molar-refractivity contribution is -0.160. The predicted molar refractivity (Wildman–Crippen MR) is 128 cm³/mol. The van der Waals surface area contributed by atoms with Crippen molar-refractivity contribution < 1.29 is 28.5 Å². The van der Waals surface area contributed by atoms with Gasteiger partial charge in [-0.05, 0) is 61.9 Å². The fourth-order valence-corrected chi connectivity index (χ4v) is 4.84. The van der Waals surface area contributed by atoms with E-state index in [0.717, 1.165) is 29.5 Å². The van der Waals surface area contributed by atoms with Gasteiger partial charge in [0.15, 0.2) is 11.5 Å². The van der Waals surface area contributed by atoms with Gasteiger partial charge in [0.1, 0.15) is 12.2 Å². The molecule has 7 nitrogen and oxygen atoms in total. The fourth-order valence-electron chi connectivity index (χ4n) is 4.84. The Bertz CT molecular complexity index is 1070. The second-order valence-electron chi connectivity index (χ2n) is 9.57. The summed E-state index contributed by atoms with van der Waals surface area (Å²) >= 11 is 0. The molecule has 1 saturated carbocycles. The number of amides is 1. The van der Waals surface area contributed by atoms with Crippen molar-refractivity contribution >= 4 is 11.9 Å². The van der Waals surface area contributed by atoms with E-state index in [1.54, 1.807) is 14.2 Å². The average molecular weight is 468 g/mol. The minimum absolute atomic E-state index is 0.0879. The van der Waals surface area contributed by atoms with Crippen LogP contribution in [0, 0.1) is 5.92 Å². The molecule has 1 heterocycles. The summed E-state index contributed by atoms with van der Waals surface area (Å²) < 4.78 is 23.2. The van der Waals surface area contributed by atoms with Crippen molar-refractivity contribution in [3.05, 3.63) is 41.5 Å². The third kappa shape index (κ3) is 4.98. The molecular weight excluding hydrogens is 434 g/mol. The molecule has 34 heavy (non-hydrogen) atoms. The van der Waals surface area contributed by atoms with Crippen molar-refractivity contribution in [3.8, 4) is 28.4 Å². The van der Waals surface area contributed by atoms with Crippen LogP contribution in [0.5, 0.6) is 17.2 Å². The number of benzene rings is 2. The number of ether oxygens (including phenoxy) is 4. The van der Waals surface area contributed by atoms with Crippen LogP contribution in [0.25, 0.3) is 11.1 Å². The van der Waals surface area contributed by atoms with Gasteiger partial charge in [-0.1, -0.05) is 25.0 Å². The summed E-state index contributed by atoms with van der Waals surface area (Å²) in [5.41, 5.74) is 2.38. The van der Waals surface area contributed by atoms with E-state index in [9.17, 15) is 9.59 Å². The van der Waals surface area contributed by atoms with Crippen molar-refractivity contribution in [2.45, 2.75) is 58.1 Å². The number of esters is 1. The van der Waals surface area contributed by atoms with Crippen LogP contribution < -0.4 is 19.5 Å². The summed E-state index contributed by atoms with van der Waals surface area (Å²) in [6.07, 6.45) is 5.01. The number of carbonyl (C=O) groups is 2. The molecular formula is C27H33NO6. The molecule has 1 aliphatic heterocycles. The molecule has 1 N–H and O–H groups in total. The van der Waals surface area contributed by atoms with E-state index in [2.05, 4.69) is 5.32 Å². The van der Waals surface area contributed by atoms with Gasteiger partial charge in [-0.25, -0.2) is 0 Å². The predicted octanol–water partition coefficient (Wildman–Crippen LogP) is 4.90. The van der Waals surface area contributed by atoms with E-state index in [-0.39, 0.29) is 18.5 Å². The monoisotopic (exact) mass is 467 g/mol. The highest BCUT2D eigenvalue weighted by molar-refractivity contribution is 6.01. The molecule has 1 fully saturated rings. The molecule has 0 spiro atoms. The maximum absolute atomic E-state index is 12.5. The van der Waals surface area contributed by atoms with Crippen LogP contribution in [0.1, 0.15) is 61.9 Å². The van der Waals surface area contributed by atoms with Crippen LogP contribution in [0.3, 0.4) is 0 Å². The zero-order valence-corrected chi connectivity index (χ0v) is 20.4. The summed E-state index contributed by atoms with van der Waals surface area (Å²) in [7, 11) is 3.13. The van der Waals surface area contributed by atoms with Crippen LogP contribution in [-0.4, -0.2) is 38.3 Å². The summed E-state index contributed by atoms with van der Waals surface area (Å²) in [5.74, 6) is 1.60. The molecule has 0 bridgehead atoms. The third-order valence-electron chi connectivity index (χ3n) is 6.52. The molecule has 1 aliphatic carbocycles. The van der Waals surface area contributed by atoms with Crippen LogP contribution in [0.2, 0.25) is 0 Å². The first kappa shape index (κ1) is 23.9. The Kier molecular flexibility index (Phi) is 7.00. The zero-order chi connectivity index (χ0) is 24.3. The van der Waals surface area contributed by atoms with Crippen molar-refractivity contribution in [2.75, 3.05) is 20.8 Å². The molecule has 2 aromatic carbocycles. The van der Waals surface area contributed by atoms with Gasteiger partial charge in [-0.3, -0.25) is 9.59 Å². The second kappa shape index (κ2) is 9.95. The highest BCUT2D eigenvalue weighted by Gasteiger charge is 2.30. The van der Waals surface area contributed by atoms with Gasteiger partial charge in [-0.15, -0.1) is 0 Å². The molecule has 0 atom stereocenters. The van der Waals surface area contributed by atoms with Crippen molar-refractivity contribution in [3.63, 3.8) is 0 Å². The summed E-state index contributed by atoms with van der Waals surface area (Å²) in [5, 5.41) is 2.88. The topological polar surface area (TPSA) is 83.1 Å². The first-order valence-electron chi connectivity index (χ1n) is 11.8. The SMILES string of the molecule is COc1ccc(-c2cccc3c2CNC3=O)c(OCC(C)(C)OC(=O)CC2CCCC2)c1OC. The minimum atomic E-state index is -0.836. The Morgan fingerprint density at radius 1 is 1.00 bits per heavy atom.